The number of rotatable bonds is 8. The molecule has 1 aliphatic rings. The van der Waals surface area contributed by atoms with Crippen LogP contribution >= 0.6 is 11.3 Å². The molecule has 1 fully saturated rings. The lowest BCUT2D eigenvalue weighted by molar-refractivity contribution is 0.0991. The maximum absolute atomic E-state index is 12.5. The molecule has 0 amide bonds. The zero-order valence-electron chi connectivity index (χ0n) is 14.0. The van der Waals surface area contributed by atoms with Crippen LogP contribution in [0.15, 0.2) is 46.7 Å². The van der Waals surface area contributed by atoms with Gasteiger partial charge in [0.15, 0.2) is 5.78 Å². The molecule has 0 radical (unpaired) electrons. The Morgan fingerprint density at radius 2 is 1.84 bits per heavy atom. The van der Waals surface area contributed by atoms with Crippen molar-refractivity contribution in [3.8, 4) is 0 Å². The second-order valence-corrected chi connectivity index (χ2v) is 9.04. The van der Waals surface area contributed by atoms with E-state index in [0.29, 0.717) is 18.7 Å². The van der Waals surface area contributed by atoms with Gasteiger partial charge in [-0.15, -0.1) is 11.3 Å². The number of thiophene rings is 1. The summed E-state index contributed by atoms with van der Waals surface area (Å²) in [5.41, 5.74) is 0.531. The second-order valence-electron chi connectivity index (χ2n) is 6.06. The average molecular weight is 379 g/mol. The fourth-order valence-electron chi connectivity index (χ4n) is 2.86. The fourth-order valence-corrected chi connectivity index (χ4v) is 5.09. The lowest BCUT2D eigenvalue weighted by atomic mass is 10.1. The molecule has 1 saturated heterocycles. The Bertz CT molecular complexity index is 793. The van der Waals surface area contributed by atoms with Crippen LogP contribution in [0.25, 0.3) is 0 Å². The van der Waals surface area contributed by atoms with Crippen molar-refractivity contribution in [1.82, 2.24) is 9.62 Å². The van der Waals surface area contributed by atoms with Crippen LogP contribution < -0.4 is 5.32 Å². The number of ketones is 1. The molecular formula is C18H22N2O3S2. The molecule has 0 atom stereocenters. The number of nitrogens with one attached hydrogen (secondary N) is 1. The van der Waals surface area contributed by atoms with Crippen molar-refractivity contribution >= 4 is 27.1 Å². The first-order valence-electron chi connectivity index (χ1n) is 8.44. The second kappa shape index (κ2) is 8.23. The van der Waals surface area contributed by atoms with Gasteiger partial charge >= 0.3 is 0 Å². The standard InChI is InChI=1S/C18H22N2O3S2/c21-18(14-19-10-9-16-4-3-13-24-16)15-5-7-17(8-6-15)25(22,23)20-11-1-2-12-20/h3-8,13,19H,1-2,9-12,14H2. The van der Waals surface area contributed by atoms with Gasteiger partial charge in [-0.25, -0.2) is 8.42 Å². The van der Waals surface area contributed by atoms with Gasteiger partial charge in [-0.3, -0.25) is 4.79 Å². The van der Waals surface area contributed by atoms with Gasteiger partial charge in [0.05, 0.1) is 11.4 Å². The van der Waals surface area contributed by atoms with Crippen LogP contribution in [0.4, 0.5) is 0 Å². The number of sulfonamides is 1. The SMILES string of the molecule is O=C(CNCCc1cccs1)c1ccc(S(=O)(=O)N2CCCC2)cc1. The molecule has 2 aromatic rings. The first kappa shape index (κ1) is 18.3. The number of nitrogens with zero attached hydrogens (tertiary/aromatic N) is 1. The van der Waals surface area contributed by atoms with Crippen molar-refractivity contribution < 1.29 is 13.2 Å². The lowest BCUT2D eigenvalue weighted by Crippen LogP contribution is -2.28. The topological polar surface area (TPSA) is 66.5 Å². The molecule has 1 aliphatic heterocycles. The molecule has 0 unspecified atom stereocenters. The van der Waals surface area contributed by atoms with E-state index in [9.17, 15) is 13.2 Å². The Balaban J connectivity index is 1.53. The van der Waals surface area contributed by atoms with Crippen LogP contribution in [-0.2, 0) is 16.4 Å². The Labute approximate surface area is 152 Å². The zero-order chi connectivity index (χ0) is 17.7. The van der Waals surface area contributed by atoms with E-state index in [4.69, 9.17) is 0 Å². The summed E-state index contributed by atoms with van der Waals surface area (Å²) in [6.07, 6.45) is 2.72. The smallest absolute Gasteiger partial charge is 0.243 e. The summed E-state index contributed by atoms with van der Waals surface area (Å²) in [5, 5.41) is 5.18. The normalized spacial score (nSPS) is 15.5. The fraction of sp³-hybridized carbons (Fsp3) is 0.389. The lowest BCUT2D eigenvalue weighted by Gasteiger charge is -2.15. The molecule has 2 heterocycles. The largest absolute Gasteiger partial charge is 0.309 e. The van der Waals surface area contributed by atoms with Crippen LogP contribution in [0, 0.1) is 0 Å². The van der Waals surface area contributed by atoms with Crippen LogP contribution in [0.1, 0.15) is 28.1 Å². The number of Topliss-reactive ketones (excluding diaryl/α,β-unsaturated/α-hetero) is 1. The van der Waals surface area contributed by atoms with E-state index in [0.717, 1.165) is 25.8 Å². The highest BCUT2D eigenvalue weighted by Gasteiger charge is 2.27. The molecule has 134 valence electrons. The van der Waals surface area contributed by atoms with Crippen molar-refractivity contribution in [3.05, 3.63) is 52.2 Å². The van der Waals surface area contributed by atoms with Gasteiger partial charge in [0.2, 0.25) is 10.0 Å². The van der Waals surface area contributed by atoms with Crippen LogP contribution in [0.5, 0.6) is 0 Å². The van der Waals surface area contributed by atoms with E-state index >= 15 is 0 Å². The van der Waals surface area contributed by atoms with Crippen molar-refractivity contribution in [2.45, 2.75) is 24.2 Å². The summed E-state index contributed by atoms with van der Waals surface area (Å²) in [7, 11) is -3.42. The van der Waals surface area contributed by atoms with Gasteiger partial charge < -0.3 is 5.32 Å². The third kappa shape index (κ3) is 4.55. The monoisotopic (exact) mass is 378 g/mol. The molecule has 1 aromatic heterocycles. The van der Waals surface area contributed by atoms with E-state index in [1.807, 2.05) is 11.4 Å². The van der Waals surface area contributed by atoms with Crippen LogP contribution in [0.2, 0.25) is 0 Å². The Morgan fingerprint density at radius 3 is 2.48 bits per heavy atom. The summed E-state index contributed by atoms with van der Waals surface area (Å²) >= 11 is 1.71. The van der Waals surface area contributed by atoms with Crippen molar-refractivity contribution in [3.63, 3.8) is 0 Å². The number of carbonyl (C=O) groups excluding carboxylic acids is 1. The van der Waals surface area contributed by atoms with Gasteiger partial charge in [-0.2, -0.15) is 4.31 Å². The first-order chi connectivity index (χ1) is 12.1. The molecule has 0 aliphatic carbocycles. The van der Waals surface area contributed by atoms with Crippen molar-refractivity contribution in [2.75, 3.05) is 26.2 Å². The maximum atomic E-state index is 12.5. The summed E-state index contributed by atoms with van der Waals surface area (Å²) in [4.78, 5) is 13.8. The first-order valence-corrected chi connectivity index (χ1v) is 10.8. The van der Waals surface area contributed by atoms with E-state index in [1.165, 1.54) is 21.3 Å². The molecule has 0 saturated carbocycles. The molecule has 25 heavy (non-hydrogen) atoms. The Morgan fingerprint density at radius 1 is 1.12 bits per heavy atom. The van der Waals surface area contributed by atoms with Gasteiger partial charge in [0.25, 0.3) is 0 Å². The molecule has 0 spiro atoms. The molecule has 1 aromatic carbocycles. The summed E-state index contributed by atoms with van der Waals surface area (Å²) in [6, 6.07) is 10.4. The Kier molecular flexibility index (Phi) is 6.01. The van der Waals surface area contributed by atoms with Gasteiger partial charge in [0, 0.05) is 30.1 Å². The predicted molar refractivity (Wildman–Crippen MR) is 99.7 cm³/mol. The molecule has 0 bridgehead atoms. The van der Waals surface area contributed by atoms with Crippen molar-refractivity contribution in [1.29, 1.82) is 0 Å². The quantitative estimate of drug-likeness (QED) is 0.566. The van der Waals surface area contributed by atoms with Gasteiger partial charge in [-0.1, -0.05) is 18.2 Å². The molecular weight excluding hydrogens is 356 g/mol. The number of hydrogen-bond acceptors (Lipinski definition) is 5. The molecule has 7 heteroatoms. The average Bonchev–Trinajstić information content (AvgIpc) is 3.32. The molecule has 5 nitrogen and oxygen atoms in total. The highest BCUT2D eigenvalue weighted by molar-refractivity contribution is 7.89. The Hall–Kier alpha value is -1.54. The highest BCUT2D eigenvalue weighted by atomic mass is 32.2. The third-order valence-corrected chi connectivity index (χ3v) is 7.14. The number of hydrogen-bond donors (Lipinski definition) is 1. The van der Waals surface area contributed by atoms with Crippen molar-refractivity contribution in [2.24, 2.45) is 0 Å². The predicted octanol–water partition coefficient (Wildman–Crippen LogP) is 2.55. The zero-order valence-corrected chi connectivity index (χ0v) is 15.6. The molecule has 1 N–H and O–H groups in total. The number of benzene rings is 1. The maximum Gasteiger partial charge on any atom is 0.243 e. The number of carbonyl (C=O) groups is 1. The summed E-state index contributed by atoms with van der Waals surface area (Å²) in [6.45, 7) is 2.16. The van der Waals surface area contributed by atoms with Crippen LogP contribution in [-0.4, -0.2) is 44.7 Å². The highest BCUT2D eigenvalue weighted by Crippen LogP contribution is 2.21. The van der Waals surface area contributed by atoms with E-state index in [2.05, 4.69) is 11.4 Å². The minimum Gasteiger partial charge on any atom is -0.309 e. The van der Waals surface area contributed by atoms with Crippen LogP contribution in [0.3, 0.4) is 0 Å². The van der Waals surface area contributed by atoms with E-state index < -0.39 is 10.0 Å². The van der Waals surface area contributed by atoms with E-state index in [1.54, 1.807) is 23.5 Å². The molecule has 3 rings (SSSR count). The third-order valence-electron chi connectivity index (χ3n) is 4.29. The van der Waals surface area contributed by atoms with Gasteiger partial charge in [-0.05, 0) is 42.8 Å². The van der Waals surface area contributed by atoms with E-state index in [-0.39, 0.29) is 17.2 Å². The van der Waals surface area contributed by atoms with Gasteiger partial charge in [0.1, 0.15) is 0 Å². The summed E-state index contributed by atoms with van der Waals surface area (Å²) < 4.78 is 26.4. The minimum atomic E-state index is -3.42. The summed E-state index contributed by atoms with van der Waals surface area (Å²) in [5.74, 6) is -0.0312. The minimum absolute atomic E-state index is 0.0312.